The van der Waals surface area contributed by atoms with Gasteiger partial charge >= 0.3 is 6.03 Å². The molecule has 0 saturated carbocycles. The Morgan fingerprint density at radius 1 is 0.649 bits per heavy atom. The maximum atomic E-state index is 14.1. The summed E-state index contributed by atoms with van der Waals surface area (Å²) in [7, 11) is 0. The predicted molar refractivity (Wildman–Crippen MR) is 135 cm³/mol. The number of thioether (sulfide) groups is 1. The van der Waals surface area contributed by atoms with Crippen molar-refractivity contribution in [2.75, 3.05) is 16.0 Å². The van der Waals surface area contributed by atoms with Gasteiger partial charge in [-0.15, -0.1) is 11.8 Å². The van der Waals surface area contributed by atoms with Crippen LogP contribution in [0.5, 0.6) is 0 Å². The Hall–Kier alpha value is -4.31. The number of nitrogens with one attached hydrogen (secondary N) is 3. The van der Waals surface area contributed by atoms with Crippen LogP contribution < -0.4 is 16.0 Å². The van der Waals surface area contributed by atoms with Gasteiger partial charge in [-0.1, -0.05) is 48.5 Å². The zero-order valence-corrected chi connectivity index (χ0v) is 19.8. The SMILES string of the molecule is O=C(Nc1ccccc1)Nc1ccc(SC(C(=O)Nc2c(F)c(F)cc(F)c2F)c2ccccc2)cc1. The minimum atomic E-state index is -1.70. The van der Waals surface area contributed by atoms with Crippen LogP contribution in [0.2, 0.25) is 0 Å². The van der Waals surface area contributed by atoms with E-state index >= 15 is 0 Å². The molecule has 3 amide bonds. The molecule has 10 heteroatoms. The number of rotatable bonds is 7. The van der Waals surface area contributed by atoms with E-state index in [9.17, 15) is 27.2 Å². The van der Waals surface area contributed by atoms with E-state index in [0.29, 0.717) is 21.8 Å². The lowest BCUT2D eigenvalue weighted by Gasteiger charge is -2.18. The molecule has 0 radical (unpaired) electrons. The molecule has 0 bridgehead atoms. The van der Waals surface area contributed by atoms with Gasteiger partial charge in [-0.05, 0) is 42.0 Å². The van der Waals surface area contributed by atoms with Crippen LogP contribution in [0, 0.1) is 23.3 Å². The lowest BCUT2D eigenvalue weighted by molar-refractivity contribution is -0.115. The second kappa shape index (κ2) is 11.6. The molecule has 0 spiro atoms. The van der Waals surface area contributed by atoms with Crippen LogP contribution in [0.4, 0.5) is 39.4 Å². The summed E-state index contributed by atoms with van der Waals surface area (Å²) >= 11 is 1.05. The van der Waals surface area contributed by atoms with Crippen LogP contribution in [0.1, 0.15) is 10.8 Å². The Morgan fingerprint density at radius 2 is 1.16 bits per heavy atom. The number of amides is 3. The number of para-hydroxylation sites is 1. The standard InChI is InChI=1S/C27H19F4N3O2S/c28-20-15-21(29)23(31)24(22(20)30)34-26(35)25(16-7-3-1-4-8-16)37-19-13-11-18(12-14-19)33-27(36)32-17-9-5-2-6-10-17/h1-15,25H,(H,34,35)(H2,32,33,36). The van der Waals surface area contributed by atoms with Crippen molar-refractivity contribution in [3.8, 4) is 0 Å². The number of halogens is 4. The number of anilines is 3. The van der Waals surface area contributed by atoms with Gasteiger partial charge in [0.05, 0.1) is 0 Å². The average molecular weight is 526 g/mol. The highest BCUT2D eigenvalue weighted by molar-refractivity contribution is 8.00. The molecule has 0 heterocycles. The summed E-state index contributed by atoms with van der Waals surface area (Å²) in [6.45, 7) is 0. The largest absolute Gasteiger partial charge is 0.323 e. The van der Waals surface area contributed by atoms with E-state index in [-0.39, 0.29) is 6.07 Å². The third kappa shape index (κ3) is 6.47. The lowest BCUT2D eigenvalue weighted by atomic mass is 10.1. The summed E-state index contributed by atoms with van der Waals surface area (Å²) < 4.78 is 55.5. The molecule has 0 aliphatic heterocycles. The van der Waals surface area contributed by atoms with Crippen molar-refractivity contribution in [3.63, 3.8) is 0 Å². The van der Waals surface area contributed by atoms with Gasteiger partial charge in [0.15, 0.2) is 23.3 Å². The van der Waals surface area contributed by atoms with Gasteiger partial charge in [0, 0.05) is 22.3 Å². The molecule has 1 atom stereocenters. The molecule has 0 fully saturated rings. The minimum absolute atomic E-state index is 0.0689. The minimum Gasteiger partial charge on any atom is -0.320 e. The van der Waals surface area contributed by atoms with Crippen molar-refractivity contribution >= 4 is 40.8 Å². The molecule has 5 nitrogen and oxygen atoms in total. The normalized spacial score (nSPS) is 11.5. The van der Waals surface area contributed by atoms with Crippen LogP contribution in [0.3, 0.4) is 0 Å². The monoisotopic (exact) mass is 525 g/mol. The van der Waals surface area contributed by atoms with Crippen LogP contribution in [-0.2, 0) is 4.79 Å². The van der Waals surface area contributed by atoms with Gasteiger partial charge in [0.1, 0.15) is 10.9 Å². The first-order valence-electron chi connectivity index (χ1n) is 10.9. The number of carbonyl (C=O) groups excluding carboxylic acids is 2. The Bertz CT molecular complexity index is 1380. The zero-order chi connectivity index (χ0) is 26.4. The quantitative estimate of drug-likeness (QED) is 0.134. The molecule has 4 rings (SSSR count). The number of benzene rings is 4. The smallest absolute Gasteiger partial charge is 0.320 e. The summed E-state index contributed by atoms with van der Waals surface area (Å²) in [6, 6.07) is 23.4. The predicted octanol–water partition coefficient (Wildman–Crippen LogP) is 7.36. The molecule has 3 N–H and O–H groups in total. The average Bonchev–Trinajstić information content (AvgIpc) is 2.90. The Labute approximate surface area is 213 Å². The Morgan fingerprint density at radius 3 is 1.73 bits per heavy atom. The van der Waals surface area contributed by atoms with E-state index in [4.69, 9.17) is 0 Å². The van der Waals surface area contributed by atoms with E-state index in [1.807, 2.05) is 11.4 Å². The number of hydrogen-bond donors (Lipinski definition) is 3. The molecular weight excluding hydrogens is 506 g/mol. The van der Waals surface area contributed by atoms with Gasteiger partial charge in [-0.25, -0.2) is 22.4 Å². The molecule has 0 saturated heterocycles. The highest BCUT2D eigenvalue weighted by Crippen LogP contribution is 2.37. The Kier molecular flexibility index (Phi) is 8.09. The van der Waals surface area contributed by atoms with Crippen LogP contribution >= 0.6 is 11.8 Å². The summed E-state index contributed by atoms with van der Waals surface area (Å²) in [5.74, 6) is -7.54. The molecule has 4 aromatic rings. The van der Waals surface area contributed by atoms with E-state index < -0.39 is 46.1 Å². The molecule has 188 valence electrons. The first kappa shape index (κ1) is 25.8. The van der Waals surface area contributed by atoms with Crippen molar-refractivity contribution in [3.05, 3.63) is 120 Å². The fourth-order valence-corrected chi connectivity index (χ4v) is 4.36. The van der Waals surface area contributed by atoms with Crippen LogP contribution in [-0.4, -0.2) is 11.9 Å². The Balaban J connectivity index is 1.50. The van der Waals surface area contributed by atoms with Crippen molar-refractivity contribution in [2.24, 2.45) is 0 Å². The topological polar surface area (TPSA) is 70.2 Å². The van der Waals surface area contributed by atoms with Crippen molar-refractivity contribution in [2.45, 2.75) is 10.1 Å². The van der Waals surface area contributed by atoms with Gasteiger partial charge < -0.3 is 16.0 Å². The zero-order valence-electron chi connectivity index (χ0n) is 19.0. The highest BCUT2D eigenvalue weighted by atomic mass is 32.2. The third-order valence-corrected chi connectivity index (χ3v) is 6.36. The first-order chi connectivity index (χ1) is 17.8. The second-order valence-corrected chi connectivity index (χ2v) is 8.89. The first-order valence-corrected chi connectivity index (χ1v) is 11.8. The maximum absolute atomic E-state index is 14.1. The number of urea groups is 1. The summed E-state index contributed by atoms with van der Waals surface area (Å²) in [5, 5.41) is 6.34. The van der Waals surface area contributed by atoms with Gasteiger partial charge in [-0.3, -0.25) is 4.79 Å². The van der Waals surface area contributed by atoms with E-state index in [2.05, 4.69) is 10.6 Å². The van der Waals surface area contributed by atoms with E-state index in [0.717, 1.165) is 11.8 Å². The molecule has 0 aliphatic carbocycles. The fourth-order valence-electron chi connectivity index (χ4n) is 3.34. The van der Waals surface area contributed by atoms with Crippen molar-refractivity contribution < 1.29 is 27.2 Å². The van der Waals surface area contributed by atoms with Crippen LogP contribution in [0.15, 0.2) is 95.9 Å². The maximum Gasteiger partial charge on any atom is 0.323 e. The fraction of sp³-hybridized carbons (Fsp3) is 0.0370. The summed E-state index contributed by atoms with van der Waals surface area (Å²) in [5.41, 5.74) is 0.396. The molecule has 4 aromatic carbocycles. The molecule has 0 aromatic heterocycles. The lowest BCUT2D eigenvalue weighted by Crippen LogP contribution is -2.21. The van der Waals surface area contributed by atoms with Gasteiger partial charge in [0.25, 0.3) is 0 Å². The second-order valence-electron chi connectivity index (χ2n) is 7.71. The van der Waals surface area contributed by atoms with Crippen LogP contribution in [0.25, 0.3) is 0 Å². The third-order valence-electron chi connectivity index (χ3n) is 5.10. The molecular formula is C27H19F4N3O2S. The summed E-state index contributed by atoms with van der Waals surface area (Å²) in [4.78, 5) is 25.8. The van der Waals surface area contributed by atoms with Crippen molar-refractivity contribution in [1.29, 1.82) is 0 Å². The summed E-state index contributed by atoms with van der Waals surface area (Å²) in [6.07, 6.45) is 0. The van der Waals surface area contributed by atoms with Crippen molar-refractivity contribution in [1.82, 2.24) is 0 Å². The highest BCUT2D eigenvalue weighted by Gasteiger charge is 2.27. The number of hydrogen-bond acceptors (Lipinski definition) is 3. The number of carbonyl (C=O) groups is 2. The van der Waals surface area contributed by atoms with E-state index in [1.54, 1.807) is 78.9 Å². The van der Waals surface area contributed by atoms with Gasteiger partial charge in [-0.2, -0.15) is 0 Å². The van der Waals surface area contributed by atoms with Gasteiger partial charge in [0.2, 0.25) is 5.91 Å². The molecule has 1 unspecified atom stereocenters. The van der Waals surface area contributed by atoms with E-state index in [1.165, 1.54) is 0 Å². The molecule has 0 aliphatic rings. The molecule has 37 heavy (non-hydrogen) atoms.